The molecular formula is C12H19N3O2. The number of ether oxygens (including phenoxy) is 1. The maximum absolute atomic E-state index is 5.58. The largest absolute Gasteiger partial charge is 0.378 e. The zero-order valence-electron chi connectivity index (χ0n) is 10.2. The van der Waals surface area contributed by atoms with Crippen LogP contribution in [0.25, 0.3) is 0 Å². The van der Waals surface area contributed by atoms with Crippen LogP contribution in [0.15, 0.2) is 4.52 Å². The van der Waals surface area contributed by atoms with Gasteiger partial charge in [-0.25, -0.2) is 0 Å². The van der Waals surface area contributed by atoms with E-state index in [-0.39, 0.29) is 0 Å². The lowest BCUT2D eigenvalue weighted by molar-refractivity contribution is 0.109. The topological polar surface area (TPSA) is 60.2 Å². The van der Waals surface area contributed by atoms with Crippen molar-refractivity contribution in [2.75, 3.05) is 13.2 Å². The van der Waals surface area contributed by atoms with Gasteiger partial charge in [-0.05, 0) is 32.7 Å². The van der Waals surface area contributed by atoms with Crippen LogP contribution in [0.1, 0.15) is 43.8 Å². The number of aromatic nitrogens is 2. The molecule has 0 radical (unpaired) electrons. The van der Waals surface area contributed by atoms with Crippen molar-refractivity contribution in [2.45, 2.75) is 50.7 Å². The molecule has 2 saturated heterocycles. The molecule has 3 rings (SSSR count). The Morgan fingerprint density at radius 3 is 3.06 bits per heavy atom. The molecule has 0 saturated carbocycles. The predicted molar refractivity (Wildman–Crippen MR) is 61.8 cm³/mol. The number of nitrogens with zero attached hydrogens (tertiary/aromatic N) is 2. The van der Waals surface area contributed by atoms with Gasteiger partial charge in [-0.3, -0.25) is 0 Å². The molecule has 17 heavy (non-hydrogen) atoms. The fourth-order valence-electron chi connectivity index (χ4n) is 2.71. The Kier molecular flexibility index (Phi) is 3.11. The smallest absolute Gasteiger partial charge is 0.231 e. The predicted octanol–water partition coefficient (Wildman–Crippen LogP) is 1.26. The van der Waals surface area contributed by atoms with Gasteiger partial charge in [-0.2, -0.15) is 4.98 Å². The minimum absolute atomic E-state index is 0.291. The zero-order valence-corrected chi connectivity index (χ0v) is 10.2. The van der Waals surface area contributed by atoms with Crippen molar-refractivity contribution in [3.8, 4) is 0 Å². The first-order valence-corrected chi connectivity index (χ1v) is 6.50. The number of nitrogens with one attached hydrogen (secondary N) is 1. The fourth-order valence-corrected chi connectivity index (χ4v) is 2.71. The lowest BCUT2D eigenvalue weighted by Crippen LogP contribution is -2.21. The first-order valence-electron chi connectivity index (χ1n) is 6.50. The Bertz CT molecular complexity index is 374. The lowest BCUT2D eigenvalue weighted by Gasteiger charge is -2.09. The van der Waals surface area contributed by atoms with Crippen LogP contribution in [-0.2, 0) is 11.2 Å². The van der Waals surface area contributed by atoms with Crippen LogP contribution in [0.3, 0.4) is 0 Å². The molecule has 2 aliphatic heterocycles. The summed E-state index contributed by atoms with van der Waals surface area (Å²) in [6.07, 6.45) is 4.44. The molecule has 5 heteroatoms. The standard InChI is InChI=1S/C12H19N3O2/c1-8-10(4-5-13-8)12-14-11(15-17-12)7-9-3-2-6-16-9/h8-10,13H,2-7H2,1H3. The SMILES string of the molecule is CC1NCCC1c1nc(CC2CCCO2)no1. The van der Waals surface area contributed by atoms with Crippen molar-refractivity contribution in [2.24, 2.45) is 0 Å². The number of rotatable bonds is 3. The monoisotopic (exact) mass is 237 g/mol. The second-order valence-corrected chi connectivity index (χ2v) is 5.03. The summed E-state index contributed by atoms with van der Waals surface area (Å²) >= 11 is 0. The third kappa shape index (κ3) is 2.35. The van der Waals surface area contributed by atoms with E-state index in [1.807, 2.05) is 0 Å². The van der Waals surface area contributed by atoms with E-state index in [0.717, 1.165) is 50.6 Å². The quantitative estimate of drug-likeness (QED) is 0.857. The summed E-state index contributed by atoms with van der Waals surface area (Å²) in [6, 6.07) is 0.436. The molecular weight excluding hydrogens is 218 g/mol. The highest BCUT2D eigenvalue weighted by atomic mass is 16.5. The van der Waals surface area contributed by atoms with Gasteiger partial charge >= 0.3 is 0 Å². The minimum Gasteiger partial charge on any atom is -0.378 e. The van der Waals surface area contributed by atoms with Gasteiger partial charge in [0.2, 0.25) is 5.89 Å². The van der Waals surface area contributed by atoms with Gasteiger partial charge in [-0.15, -0.1) is 0 Å². The molecule has 2 fully saturated rings. The summed E-state index contributed by atoms with van der Waals surface area (Å²) in [5.41, 5.74) is 0. The molecule has 1 aromatic heterocycles. The van der Waals surface area contributed by atoms with E-state index in [9.17, 15) is 0 Å². The Balaban J connectivity index is 1.65. The zero-order chi connectivity index (χ0) is 11.7. The third-order valence-electron chi connectivity index (χ3n) is 3.76. The van der Waals surface area contributed by atoms with Crippen molar-refractivity contribution < 1.29 is 9.26 Å². The first-order chi connectivity index (χ1) is 8.33. The van der Waals surface area contributed by atoms with E-state index in [1.54, 1.807) is 0 Å². The van der Waals surface area contributed by atoms with Gasteiger partial charge in [0, 0.05) is 19.1 Å². The molecule has 0 amide bonds. The fraction of sp³-hybridized carbons (Fsp3) is 0.833. The van der Waals surface area contributed by atoms with E-state index >= 15 is 0 Å². The van der Waals surface area contributed by atoms with Gasteiger partial charge in [0.25, 0.3) is 0 Å². The summed E-state index contributed by atoms with van der Waals surface area (Å²) in [6.45, 7) is 4.08. The van der Waals surface area contributed by atoms with E-state index in [0.29, 0.717) is 18.1 Å². The normalized spacial score (nSPS) is 33.4. The maximum Gasteiger partial charge on any atom is 0.231 e. The van der Waals surface area contributed by atoms with Gasteiger partial charge in [0.05, 0.1) is 12.0 Å². The van der Waals surface area contributed by atoms with Gasteiger partial charge in [0.1, 0.15) is 0 Å². The Morgan fingerprint density at radius 1 is 1.41 bits per heavy atom. The molecule has 3 atom stereocenters. The van der Waals surface area contributed by atoms with E-state index in [4.69, 9.17) is 9.26 Å². The molecule has 0 aromatic carbocycles. The highest BCUT2D eigenvalue weighted by Gasteiger charge is 2.29. The summed E-state index contributed by atoms with van der Waals surface area (Å²) in [5.74, 6) is 1.96. The highest BCUT2D eigenvalue weighted by Crippen LogP contribution is 2.26. The number of hydrogen-bond acceptors (Lipinski definition) is 5. The molecule has 94 valence electrons. The summed E-state index contributed by atoms with van der Waals surface area (Å²) in [7, 11) is 0. The number of hydrogen-bond donors (Lipinski definition) is 1. The van der Waals surface area contributed by atoms with E-state index in [1.165, 1.54) is 0 Å². The molecule has 2 aliphatic rings. The average Bonchev–Trinajstić information content (AvgIpc) is 3.00. The molecule has 0 aliphatic carbocycles. The van der Waals surface area contributed by atoms with Crippen LogP contribution in [0.2, 0.25) is 0 Å². The van der Waals surface area contributed by atoms with Crippen molar-refractivity contribution in [1.82, 2.24) is 15.5 Å². The van der Waals surface area contributed by atoms with Crippen LogP contribution < -0.4 is 5.32 Å². The second kappa shape index (κ2) is 4.74. The molecule has 0 bridgehead atoms. The van der Waals surface area contributed by atoms with Crippen LogP contribution in [0.5, 0.6) is 0 Å². The Morgan fingerprint density at radius 2 is 2.35 bits per heavy atom. The Labute approximate surface area is 101 Å². The van der Waals surface area contributed by atoms with Crippen molar-refractivity contribution in [3.05, 3.63) is 11.7 Å². The van der Waals surface area contributed by atoms with Crippen LogP contribution >= 0.6 is 0 Å². The molecule has 3 heterocycles. The van der Waals surface area contributed by atoms with Crippen molar-refractivity contribution in [1.29, 1.82) is 0 Å². The maximum atomic E-state index is 5.58. The molecule has 1 aromatic rings. The van der Waals surface area contributed by atoms with Gasteiger partial charge in [0.15, 0.2) is 5.82 Å². The van der Waals surface area contributed by atoms with Crippen LogP contribution in [0, 0.1) is 0 Å². The molecule has 0 spiro atoms. The first kappa shape index (κ1) is 11.2. The second-order valence-electron chi connectivity index (χ2n) is 5.03. The molecule has 5 nitrogen and oxygen atoms in total. The van der Waals surface area contributed by atoms with Crippen molar-refractivity contribution >= 4 is 0 Å². The van der Waals surface area contributed by atoms with Crippen LogP contribution in [-0.4, -0.2) is 35.4 Å². The minimum atomic E-state index is 0.291. The summed E-state index contributed by atoms with van der Waals surface area (Å²) < 4.78 is 11.0. The molecule has 3 unspecified atom stereocenters. The third-order valence-corrected chi connectivity index (χ3v) is 3.76. The van der Waals surface area contributed by atoms with Crippen LogP contribution in [0.4, 0.5) is 0 Å². The lowest BCUT2D eigenvalue weighted by atomic mass is 10.0. The summed E-state index contributed by atoms with van der Waals surface area (Å²) in [4.78, 5) is 4.51. The highest BCUT2D eigenvalue weighted by molar-refractivity contribution is 5.02. The van der Waals surface area contributed by atoms with E-state index in [2.05, 4.69) is 22.4 Å². The Hall–Kier alpha value is -0.940. The van der Waals surface area contributed by atoms with Gasteiger partial charge in [-0.1, -0.05) is 5.16 Å². The average molecular weight is 237 g/mol. The summed E-state index contributed by atoms with van der Waals surface area (Å²) in [5, 5.41) is 7.46. The molecule has 1 N–H and O–H groups in total. The van der Waals surface area contributed by atoms with Crippen molar-refractivity contribution in [3.63, 3.8) is 0 Å². The van der Waals surface area contributed by atoms with Gasteiger partial charge < -0.3 is 14.6 Å². The van der Waals surface area contributed by atoms with E-state index < -0.39 is 0 Å².